The molecule has 2 rings (SSSR count). The number of hydrogen-bond donors (Lipinski definition) is 2. The lowest BCUT2D eigenvalue weighted by molar-refractivity contribution is -0.137. The lowest BCUT2D eigenvalue weighted by Gasteiger charge is -2.23. The van der Waals surface area contributed by atoms with E-state index in [1.807, 2.05) is 31.2 Å². The Morgan fingerprint density at radius 1 is 1.40 bits per heavy atom. The van der Waals surface area contributed by atoms with E-state index in [-0.39, 0.29) is 24.7 Å². The fourth-order valence-electron chi connectivity index (χ4n) is 2.00. The van der Waals surface area contributed by atoms with Gasteiger partial charge in [-0.25, -0.2) is 4.79 Å². The van der Waals surface area contributed by atoms with Crippen molar-refractivity contribution in [3.8, 4) is 0 Å². The Morgan fingerprint density at radius 3 is 2.50 bits per heavy atom. The van der Waals surface area contributed by atoms with E-state index in [2.05, 4.69) is 21.2 Å². The SMILES string of the molecule is CC(NC(=O)N(CC(=O)O)C1CC1)c1ccc(Br)cc1. The van der Waals surface area contributed by atoms with Crippen molar-refractivity contribution in [2.45, 2.75) is 31.8 Å². The molecule has 0 radical (unpaired) electrons. The third-order valence-electron chi connectivity index (χ3n) is 3.26. The van der Waals surface area contributed by atoms with Crippen molar-refractivity contribution in [3.05, 3.63) is 34.3 Å². The molecule has 108 valence electrons. The first-order chi connectivity index (χ1) is 9.47. The summed E-state index contributed by atoms with van der Waals surface area (Å²) in [5.41, 5.74) is 0.979. The van der Waals surface area contributed by atoms with Gasteiger partial charge in [-0.3, -0.25) is 4.79 Å². The van der Waals surface area contributed by atoms with Gasteiger partial charge in [0.05, 0.1) is 6.04 Å². The first kappa shape index (κ1) is 14.8. The van der Waals surface area contributed by atoms with Crippen LogP contribution in [0.1, 0.15) is 31.4 Å². The molecule has 1 aromatic carbocycles. The minimum absolute atomic E-state index is 0.0724. The molecule has 1 saturated carbocycles. The summed E-state index contributed by atoms with van der Waals surface area (Å²) in [7, 11) is 0. The Hall–Kier alpha value is -1.56. The molecular weight excluding hydrogens is 324 g/mol. The zero-order chi connectivity index (χ0) is 14.7. The first-order valence-electron chi connectivity index (χ1n) is 6.51. The summed E-state index contributed by atoms with van der Waals surface area (Å²) >= 11 is 3.36. The molecule has 0 aliphatic heterocycles. The quantitative estimate of drug-likeness (QED) is 0.865. The van der Waals surface area contributed by atoms with Crippen molar-refractivity contribution in [1.29, 1.82) is 0 Å². The second-order valence-electron chi connectivity index (χ2n) is 4.98. The lowest BCUT2D eigenvalue weighted by Crippen LogP contribution is -2.44. The van der Waals surface area contributed by atoms with E-state index in [0.29, 0.717) is 0 Å². The van der Waals surface area contributed by atoms with Gasteiger partial charge in [-0.05, 0) is 37.5 Å². The highest BCUT2D eigenvalue weighted by Crippen LogP contribution is 2.27. The molecule has 2 N–H and O–H groups in total. The maximum atomic E-state index is 12.2. The largest absolute Gasteiger partial charge is 0.480 e. The lowest BCUT2D eigenvalue weighted by atomic mass is 10.1. The van der Waals surface area contributed by atoms with Crippen LogP contribution in [-0.2, 0) is 4.79 Å². The fourth-order valence-corrected chi connectivity index (χ4v) is 2.27. The number of halogens is 1. The summed E-state index contributed by atoms with van der Waals surface area (Å²) in [6.07, 6.45) is 1.76. The highest BCUT2D eigenvalue weighted by atomic mass is 79.9. The monoisotopic (exact) mass is 340 g/mol. The standard InChI is InChI=1S/C14H17BrN2O3/c1-9(10-2-4-11(15)5-3-10)16-14(20)17(8-13(18)19)12-6-7-12/h2-5,9,12H,6-8H2,1H3,(H,16,20)(H,18,19). The smallest absolute Gasteiger partial charge is 0.323 e. The highest BCUT2D eigenvalue weighted by molar-refractivity contribution is 9.10. The molecule has 1 aliphatic carbocycles. The summed E-state index contributed by atoms with van der Waals surface area (Å²) in [5.74, 6) is -0.983. The molecule has 5 nitrogen and oxygen atoms in total. The maximum absolute atomic E-state index is 12.2. The van der Waals surface area contributed by atoms with Gasteiger partial charge in [0.2, 0.25) is 0 Å². The topological polar surface area (TPSA) is 69.6 Å². The van der Waals surface area contributed by atoms with Crippen LogP contribution in [0, 0.1) is 0 Å². The van der Waals surface area contributed by atoms with E-state index in [0.717, 1.165) is 22.9 Å². The van der Waals surface area contributed by atoms with Gasteiger partial charge < -0.3 is 15.3 Å². The summed E-state index contributed by atoms with van der Waals surface area (Å²) in [5, 5.41) is 11.7. The van der Waals surface area contributed by atoms with E-state index in [1.165, 1.54) is 4.90 Å². The van der Waals surface area contributed by atoms with Crippen molar-refractivity contribution in [1.82, 2.24) is 10.2 Å². The molecule has 1 aromatic rings. The number of carbonyl (C=O) groups is 2. The number of hydrogen-bond acceptors (Lipinski definition) is 2. The normalized spacial score (nSPS) is 15.5. The third-order valence-corrected chi connectivity index (χ3v) is 3.79. The first-order valence-corrected chi connectivity index (χ1v) is 7.31. The van der Waals surface area contributed by atoms with Crippen LogP contribution in [0.15, 0.2) is 28.7 Å². The summed E-state index contributed by atoms with van der Waals surface area (Å²) in [6, 6.07) is 7.27. The van der Waals surface area contributed by atoms with E-state index in [1.54, 1.807) is 0 Å². The number of nitrogens with one attached hydrogen (secondary N) is 1. The van der Waals surface area contributed by atoms with Gasteiger partial charge in [0, 0.05) is 10.5 Å². The average molecular weight is 341 g/mol. The van der Waals surface area contributed by atoms with Gasteiger partial charge in [0.1, 0.15) is 6.54 Å². The Labute approximate surface area is 126 Å². The predicted molar refractivity (Wildman–Crippen MR) is 78.5 cm³/mol. The number of rotatable bonds is 5. The summed E-state index contributed by atoms with van der Waals surface area (Å²) in [4.78, 5) is 24.4. The second kappa shape index (κ2) is 6.26. The minimum atomic E-state index is -0.983. The van der Waals surface area contributed by atoms with Gasteiger partial charge >= 0.3 is 12.0 Å². The number of benzene rings is 1. The van der Waals surface area contributed by atoms with Crippen LogP contribution < -0.4 is 5.32 Å². The van der Waals surface area contributed by atoms with Gasteiger partial charge in [0.25, 0.3) is 0 Å². The molecule has 0 spiro atoms. The summed E-state index contributed by atoms with van der Waals surface area (Å²) < 4.78 is 0.977. The van der Waals surface area contributed by atoms with E-state index in [4.69, 9.17) is 5.11 Å². The molecule has 2 amide bonds. The molecule has 1 unspecified atom stereocenters. The number of amides is 2. The number of carboxylic acid groups (broad SMARTS) is 1. The van der Waals surface area contributed by atoms with Crippen molar-refractivity contribution in [2.24, 2.45) is 0 Å². The molecule has 0 aromatic heterocycles. The molecule has 0 heterocycles. The number of carboxylic acids is 1. The van der Waals surface area contributed by atoms with Crippen molar-refractivity contribution >= 4 is 27.9 Å². The second-order valence-corrected chi connectivity index (χ2v) is 5.89. The van der Waals surface area contributed by atoms with Gasteiger partial charge in [-0.1, -0.05) is 28.1 Å². The van der Waals surface area contributed by atoms with Crippen LogP contribution in [0.5, 0.6) is 0 Å². The number of nitrogens with zero attached hydrogens (tertiary/aromatic N) is 1. The fraction of sp³-hybridized carbons (Fsp3) is 0.429. The Kier molecular flexibility index (Phi) is 4.65. The predicted octanol–water partition coefficient (Wildman–Crippen LogP) is 2.77. The molecule has 0 saturated heterocycles. The van der Waals surface area contributed by atoms with E-state index in [9.17, 15) is 9.59 Å². The van der Waals surface area contributed by atoms with Crippen molar-refractivity contribution in [3.63, 3.8) is 0 Å². The van der Waals surface area contributed by atoms with Gasteiger partial charge in [0.15, 0.2) is 0 Å². The summed E-state index contributed by atoms with van der Waals surface area (Å²) in [6.45, 7) is 1.64. The Morgan fingerprint density at radius 2 is 2.00 bits per heavy atom. The number of urea groups is 1. The van der Waals surface area contributed by atoms with Crippen LogP contribution in [0.2, 0.25) is 0 Å². The third kappa shape index (κ3) is 3.96. The molecule has 0 bridgehead atoms. The zero-order valence-electron chi connectivity index (χ0n) is 11.2. The van der Waals surface area contributed by atoms with Crippen LogP contribution in [-0.4, -0.2) is 34.6 Å². The molecule has 1 fully saturated rings. The average Bonchev–Trinajstić information content (AvgIpc) is 3.20. The molecule has 6 heteroatoms. The maximum Gasteiger partial charge on any atom is 0.323 e. The van der Waals surface area contributed by atoms with Crippen LogP contribution in [0.3, 0.4) is 0 Å². The molecule has 1 aliphatic rings. The van der Waals surface area contributed by atoms with Gasteiger partial charge in [-0.2, -0.15) is 0 Å². The highest BCUT2D eigenvalue weighted by Gasteiger charge is 2.34. The zero-order valence-corrected chi connectivity index (χ0v) is 12.8. The van der Waals surface area contributed by atoms with E-state index >= 15 is 0 Å². The van der Waals surface area contributed by atoms with Gasteiger partial charge in [-0.15, -0.1) is 0 Å². The minimum Gasteiger partial charge on any atom is -0.480 e. The molecular formula is C14H17BrN2O3. The number of carbonyl (C=O) groups excluding carboxylic acids is 1. The Balaban J connectivity index is 1.98. The molecule has 1 atom stereocenters. The van der Waals surface area contributed by atoms with Crippen LogP contribution in [0.25, 0.3) is 0 Å². The number of aliphatic carboxylic acids is 1. The van der Waals surface area contributed by atoms with E-state index < -0.39 is 5.97 Å². The van der Waals surface area contributed by atoms with Crippen LogP contribution in [0.4, 0.5) is 4.79 Å². The molecule has 20 heavy (non-hydrogen) atoms. The van der Waals surface area contributed by atoms with Crippen LogP contribution >= 0.6 is 15.9 Å². The van der Waals surface area contributed by atoms with Crippen molar-refractivity contribution in [2.75, 3.05) is 6.54 Å². The van der Waals surface area contributed by atoms with Crippen molar-refractivity contribution < 1.29 is 14.7 Å². The Bertz CT molecular complexity index is 500.